The van der Waals surface area contributed by atoms with Crippen LogP contribution in [-0.2, 0) is 9.84 Å². The van der Waals surface area contributed by atoms with Crippen LogP contribution in [0.4, 0.5) is 5.69 Å². The summed E-state index contributed by atoms with van der Waals surface area (Å²) in [4.78, 5) is 11.5. The van der Waals surface area contributed by atoms with Crippen molar-refractivity contribution < 1.29 is 13.2 Å². The lowest BCUT2D eigenvalue weighted by Gasteiger charge is -2.00. The van der Waals surface area contributed by atoms with E-state index in [1.54, 1.807) is 24.3 Å². The third-order valence-electron chi connectivity index (χ3n) is 2.07. The van der Waals surface area contributed by atoms with Crippen LogP contribution < -0.4 is 11.1 Å². The second-order valence-corrected chi connectivity index (χ2v) is 5.52. The van der Waals surface area contributed by atoms with Gasteiger partial charge in [0.15, 0.2) is 9.84 Å². The summed E-state index contributed by atoms with van der Waals surface area (Å²) in [5.41, 5.74) is 6.45. The first-order valence-corrected chi connectivity index (χ1v) is 6.72. The fourth-order valence-electron chi connectivity index (χ4n) is 1.03. The van der Waals surface area contributed by atoms with Crippen molar-refractivity contribution in [2.75, 3.05) is 11.5 Å². The summed E-state index contributed by atoms with van der Waals surface area (Å²) in [5, 5.41) is 3.34. The highest BCUT2D eigenvalue weighted by molar-refractivity contribution is 7.94. The largest absolute Gasteiger partial charge is 0.399 e. The Bertz CT molecular complexity index is 518. The lowest BCUT2D eigenvalue weighted by molar-refractivity contribution is 0.0970. The molecule has 1 rings (SSSR count). The Balaban J connectivity index is 2.65. The second-order valence-electron chi connectivity index (χ2n) is 3.35. The van der Waals surface area contributed by atoms with Gasteiger partial charge in [0.2, 0.25) is 0 Å². The Labute approximate surface area is 100 Å². The molecule has 0 fully saturated rings. The van der Waals surface area contributed by atoms with Crippen LogP contribution in [0.1, 0.15) is 17.3 Å². The number of hydrogen-bond donors (Lipinski definition) is 2. The highest BCUT2D eigenvalue weighted by atomic mass is 32.2. The van der Waals surface area contributed by atoms with Gasteiger partial charge >= 0.3 is 0 Å². The number of anilines is 1. The van der Waals surface area contributed by atoms with Crippen molar-refractivity contribution in [2.45, 2.75) is 6.92 Å². The average molecular weight is 254 g/mol. The fourth-order valence-corrected chi connectivity index (χ4v) is 1.50. The number of carbonyl (C=O) groups is 1. The standard InChI is InChI=1S/C11H14N2O3S/c1-2-17(15,16)8-7-13-11(14)9-3-5-10(12)6-4-9/h3-8H,2,12H2,1H3,(H,13,14). The summed E-state index contributed by atoms with van der Waals surface area (Å²) >= 11 is 0. The predicted molar refractivity (Wildman–Crippen MR) is 66.9 cm³/mol. The topological polar surface area (TPSA) is 89.3 Å². The SMILES string of the molecule is CCS(=O)(=O)C=CNC(=O)c1ccc(N)cc1. The molecular weight excluding hydrogens is 240 g/mol. The van der Waals surface area contributed by atoms with E-state index < -0.39 is 9.84 Å². The number of nitrogens with one attached hydrogen (secondary N) is 1. The molecule has 0 heterocycles. The smallest absolute Gasteiger partial charge is 0.255 e. The van der Waals surface area contributed by atoms with Crippen molar-refractivity contribution in [3.8, 4) is 0 Å². The zero-order valence-corrected chi connectivity index (χ0v) is 10.2. The summed E-state index contributed by atoms with van der Waals surface area (Å²) in [6.07, 6.45) is 1.12. The second kappa shape index (κ2) is 5.49. The number of sulfone groups is 1. The molecule has 1 aromatic carbocycles. The first kappa shape index (κ1) is 13.2. The van der Waals surface area contributed by atoms with Crippen LogP contribution in [0.3, 0.4) is 0 Å². The molecule has 1 aromatic rings. The van der Waals surface area contributed by atoms with E-state index in [1.807, 2.05) is 0 Å². The van der Waals surface area contributed by atoms with Gasteiger partial charge in [-0.25, -0.2) is 8.42 Å². The molecule has 5 nitrogen and oxygen atoms in total. The van der Waals surface area contributed by atoms with E-state index in [0.29, 0.717) is 11.3 Å². The Morgan fingerprint density at radius 3 is 2.47 bits per heavy atom. The van der Waals surface area contributed by atoms with E-state index in [1.165, 1.54) is 6.92 Å². The van der Waals surface area contributed by atoms with Crippen LogP contribution in [0.5, 0.6) is 0 Å². The van der Waals surface area contributed by atoms with Crippen molar-refractivity contribution in [3.63, 3.8) is 0 Å². The van der Waals surface area contributed by atoms with Gasteiger partial charge in [0.05, 0.1) is 5.75 Å². The van der Waals surface area contributed by atoms with Gasteiger partial charge in [0.25, 0.3) is 5.91 Å². The maximum atomic E-state index is 11.5. The summed E-state index contributed by atoms with van der Waals surface area (Å²) < 4.78 is 22.2. The summed E-state index contributed by atoms with van der Waals surface area (Å²) in [5.74, 6) is -0.381. The minimum atomic E-state index is -3.22. The summed E-state index contributed by atoms with van der Waals surface area (Å²) in [7, 11) is -3.22. The van der Waals surface area contributed by atoms with Crippen LogP contribution in [0, 0.1) is 0 Å². The quantitative estimate of drug-likeness (QED) is 0.781. The van der Waals surface area contributed by atoms with Gasteiger partial charge in [-0.05, 0) is 24.3 Å². The number of rotatable bonds is 4. The number of benzene rings is 1. The van der Waals surface area contributed by atoms with Crippen LogP contribution in [0.25, 0.3) is 0 Å². The first-order valence-electron chi connectivity index (χ1n) is 5.00. The Morgan fingerprint density at radius 2 is 1.94 bits per heavy atom. The van der Waals surface area contributed by atoms with Gasteiger partial charge in [-0.2, -0.15) is 0 Å². The van der Waals surface area contributed by atoms with E-state index in [0.717, 1.165) is 11.6 Å². The van der Waals surface area contributed by atoms with Gasteiger partial charge in [0.1, 0.15) is 0 Å². The zero-order valence-electron chi connectivity index (χ0n) is 9.38. The van der Waals surface area contributed by atoms with Gasteiger partial charge in [-0.15, -0.1) is 0 Å². The van der Waals surface area contributed by atoms with Crippen molar-refractivity contribution in [1.82, 2.24) is 5.32 Å². The molecule has 0 bridgehead atoms. The molecule has 1 amide bonds. The first-order chi connectivity index (χ1) is 7.94. The van der Waals surface area contributed by atoms with E-state index >= 15 is 0 Å². The molecule has 0 aliphatic heterocycles. The van der Waals surface area contributed by atoms with Crippen LogP contribution in [-0.4, -0.2) is 20.1 Å². The number of nitrogen functional groups attached to an aromatic ring is 1. The molecule has 0 aromatic heterocycles. The maximum absolute atomic E-state index is 11.5. The Morgan fingerprint density at radius 1 is 1.35 bits per heavy atom. The minimum Gasteiger partial charge on any atom is -0.399 e. The van der Waals surface area contributed by atoms with E-state index in [4.69, 9.17) is 5.73 Å². The Hall–Kier alpha value is -1.82. The molecule has 17 heavy (non-hydrogen) atoms. The summed E-state index contributed by atoms with van der Waals surface area (Å²) in [6.45, 7) is 1.53. The highest BCUT2D eigenvalue weighted by Gasteiger charge is 2.04. The molecule has 3 N–H and O–H groups in total. The minimum absolute atomic E-state index is 0.00123. The molecular formula is C11H14N2O3S. The van der Waals surface area contributed by atoms with Crippen molar-refractivity contribution in [1.29, 1.82) is 0 Å². The number of amides is 1. The van der Waals surface area contributed by atoms with E-state index in [2.05, 4.69) is 5.32 Å². The van der Waals surface area contributed by atoms with E-state index in [-0.39, 0.29) is 11.7 Å². The lowest BCUT2D eigenvalue weighted by Crippen LogP contribution is -2.17. The lowest BCUT2D eigenvalue weighted by atomic mass is 10.2. The third kappa shape index (κ3) is 4.28. The molecule has 0 radical (unpaired) electrons. The van der Waals surface area contributed by atoms with Crippen LogP contribution in [0.15, 0.2) is 35.9 Å². The molecule has 0 atom stereocenters. The molecule has 0 aliphatic carbocycles. The molecule has 0 aliphatic rings. The zero-order chi connectivity index (χ0) is 12.9. The van der Waals surface area contributed by atoms with Gasteiger partial charge in [-0.1, -0.05) is 6.92 Å². The average Bonchev–Trinajstić information content (AvgIpc) is 2.29. The van der Waals surface area contributed by atoms with Gasteiger partial charge in [-0.3, -0.25) is 4.79 Å². The predicted octanol–water partition coefficient (Wildman–Crippen LogP) is 0.905. The highest BCUT2D eigenvalue weighted by Crippen LogP contribution is 2.05. The van der Waals surface area contributed by atoms with Crippen molar-refractivity contribution >= 4 is 21.4 Å². The van der Waals surface area contributed by atoms with E-state index in [9.17, 15) is 13.2 Å². The fraction of sp³-hybridized carbons (Fsp3) is 0.182. The molecule has 92 valence electrons. The monoisotopic (exact) mass is 254 g/mol. The molecule has 0 unspecified atom stereocenters. The number of nitrogens with two attached hydrogens (primary N) is 1. The Kier molecular flexibility index (Phi) is 4.28. The molecule has 0 saturated carbocycles. The molecule has 0 saturated heterocycles. The maximum Gasteiger partial charge on any atom is 0.255 e. The van der Waals surface area contributed by atoms with Crippen LogP contribution >= 0.6 is 0 Å². The van der Waals surface area contributed by atoms with Crippen molar-refractivity contribution in [3.05, 3.63) is 41.4 Å². The van der Waals surface area contributed by atoms with Gasteiger partial charge < -0.3 is 11.1 Å². The molecule has 0 spiro atoms. The number of carbonyl (C=O) groups excluding carboxylic acids is 1. The number of hydrogen-bond acceptors (Lipinski definition) is 4. The van der Waals surface area contributed by atoms with Crippen LogP contribution in [0.2, 0.25) is 0 Å². The summed E-state index contributed by atoms with van der Waals surface area (Å²) in [6, 6.07) is 6.32. The molecule has 6 heteroatoms. The third-order valence-corrected chi connectivity index (χ3v) is 3.42. The van der Waals surface area contributed by atoms with Crippen molar-refractivity contribution in [2.24, 2.45) is 0 Å². The van der Waals surface area contributed by atoms with Gasteiger partial charge in [0, 0.05) is 22.9 Å². The normalized spacial score (nSPS) is 11.6.